The van der Waals surface area contributed by atoms with Gasteiger partial charge in [0.1, 0.15) is 0 Å². The molecule has 8 heteroatoms. The van der Waals surface area contributed by atoms with Crippen molar-refractivity contribution in [3.63, 3.8) is 0 Å². The third-order valence-corrected chi connectivity index (χ3v) is 3.58. The summed E-state index contributed by atoms with van der Waals surface area (Å²) in [6.07, 6.45) is 1.96. The summed E-state index contributed by atoms with van der Waals surface area (Å²) >= 11 is 0. The van der Waals surface area contributed by atoms with Crippen LogP contribution in [0.3, 0.4) is 0 Å². The molecule has 1 atom stereocenters. The number of rotatable bonds is 2. The highest BCUT2D eigenvalue weighted by Crippen LogP contribution is 2.35. The average Bonchev–Trinajstić information content (AvgIpc) is 3.07. The van der Waals surface area contributed by atoms with Crippen LogP contribution in [-0.4, -0.2) is 39.0 Å². The van der Waals surface area contributed by atoms with Crippen molar-refractivity contribution in [3.05, 3.63) is 29.6 Å². The van der Waals surface area contributed by atoms with Crippen LogP contribution in [0.25, 0.3) is 0 Å². The molecule has 3 rings (SSSR count). The van der Waals surface area contributed by atoms with Crippen LogP contribution in [-0.2, 0) is 5.67 Å². The van der Waals surface area contributed by atoms with Gasteiger partial charge in [-0.1, -0.05) is 5.16 Å². The number of oxazole rings is 1. The summed E-state index contributed by atoms with van der Waals surface area (Å²) < 4.78 is 25.1. The minimum Gasteiger partial charge on any atom is -0.438 e. The molecule has 3 heterocycles. The molecule has 0 aliphatic carbocycles. The summed E-state index contributed by atoms with van der Waals surface area (Å²) in [7, 11) is 0. The summed E-state index contributed by atoms with van der Waals surface area (Å²) in [5, 5.41) is 3.61. The lowest BCUT2D eigenvalue weighted by Gasteiger charge is -2.34. The van der Waals surface area contributed by atoms with Crippen molar-refractivity contribution in [1.29, 1.82) is 0 Å². The Morgan fingerprint density at radius 3 is 2.90 bits per heavy atom. The van der Waals surface area contributed by atoms with Crippen molar-refractivity contribution < 1.29 is 18.1 Å². The molecule has 0 bridgehead atoms. The van der Waals surface area contributed by atoms with Crippen LogP contribution in [0, 0.1) is 13.8 Å². The number of amides is 1. The smallest absolute Gasteiger partial charge is 0.291 e. The number of alkyl halides is 1. The topological polar surface area (TPSA) is 85.3 Å². The molecule has 0 N–H and O–H groups in total. The Bertz CT molecular complexity index is 668. The number of carbonyl (C=O) groups is 1. The fourth-order valence-electron chi connectivity index (χ4n) is 2.49. The lowest BCUT2D eigenvalue weighted by atomic mass is 9.94. The normalized spacial score (nSPS) is 22.5. The molecule has 0 radical (unpaired) electrons. The number of aromatic nitrogens is 3. The van der Waals surface area contributed by atoms with E-state index in [0.29, 0.717) is 24.5 Å². The highest BCUT2D eigenvalue weighted by molar-refractivity contribution is 5.92. The van der Waals surface area contributed by atoms with Gasteiger partial charge in [-0.15, -0.1) is 0 Å². The van der Waals surface area contributed by atoms with Crippen molar-refractivity contribution in [2.75, 3.05) is 13.1 Å². The second kappa shape index (κ2) is 4.94. The van der Waals surface area contributed by atoms with E-state index in [4.69, 9.17) is 8.94 Å². The molecule has 1 unspecified atom stereocenters. The van der Waals surface area contributed by atoms with E-state index in [9.17, 15) is 4.79 Å². The van der Waals surface area contributed by atoms with Crippen molar-refractivity contribution in [3.8, 4) is 0 Å². The fraction of sp³-hybridized carbons (Fsp3) is 0.538. The number of halogens is 1. The highest BCUT2D eigenvalue weighted by atomic mass is 19.1. The first-order valence-electron chi connectivity index (χ1n) is 6.69. The van der Waals surface area contributed by atoms with Crippen LogP contribution in [0.2, 0.25) is 0 Å². The van der Waals surface area contributed by atoms with Gasteiger partial charge in [-0.05, 0) is 26.7 Å². The standard InChI is InChI=1S/C13H15FN4O3/c1-8-10(20-7-15-8)11(19)18-5-3-4-13(14,6-18)12-16-9(2)17-21-12/h7H,3-6H2,1-2H3. The Labute approximate surface area is 120 Å². The van der Waals surface area contributed by atoms with E-state index < -0.39 is 5.67 Å². The number of piperidine rings is 1. The van der Waals surface area contributed by atoms with Crippen molar-refractivity contribution >= 4 is 5.91 Å². The summed E-state index contributed by atoms with van der Waals surface area (Å²) in [5.41, 5.74) is -1.33. The summed E-state index contributed by atoms with van der Waals surface area (Å²) in [6, 6.07) is 0. The number of hydrogen-bond donors (Lipinski definition) is 0. The van der Waals surface area contributed by atoms with Gasteiger partial charge >= 0.3 is 0 Å². The molecule has 0 spiro atoms. The van der Waals surface area contributed by atoms with E-state index in [1.165, 1.54) is 11.3 Å². The van der Waals surface area contributed by atoms with Gasteiger partial charge in [-0.25, -0.2) is 9.37 Å². The summed E-state index contributed by atoms with van der Waals surface area (Å²) in [6.45, 7) is 3.62. The largest absolute Gasteiger partial charge is 0.438 e. The first kappa shape index (κ1) is 13.7. The number of likely N-dealkylation sites (tertiary alicyclic amines) is 1. The van der Waals surface area contributed by atoms with Gasteiger partial charge in [0.15, 0.2) is 12.2 Å². The fourth-order valence-corrected chi connectivity index (χ4v) is 2.49. The van der Waals surface area contributed by atoms with Crippen LogP contribution in [0.5, 0.6) is 0 Å². The third kappa shape index (κ3) is 2.41. The van der Waals surface area contributed by atoms with Crippen LogP contribution in [0.4, 0.5) is 4.39 Å². The quantitative estimate of drug-likeness (QED) is 0.839. The summed E-state index contributed by atoms with van der Waals surface area (Å²) in [5.74, 6) is 0.0623. The zero-order valence-corrected chi connectivity index (χ0v) is 11.8. The van der Waals surface area contributed by atoms with Gasteiger partial charge in [0.2, 0.25) is 11.4 Å². The van der Waals surface area contributed by atoms with E-state index in [2.05, 4.69) is 15.1 Å². The van der Waals surface area contributed by atoms with Gasteiger partial charge in [0, 0.05) is 6.54 Å². The SMILES string of the molecule is Cc1noc(C2(F)CCCN(C(=O)c3ocnc3C)C2)n1. The molecule has 0 aromatic carbocycles. The van der Waals surface area contributed by atoms with Gasteiger partial charge in [0.05, 0.1) is 12.2 Å². The molecule has 0 saturated carbocycles. The molecule has 1 fully saturated rings. The molecule has 2 aromatic rings. The molecule has 112 valence electrons. The van der Waals surface area contributed by atoms with Crippen LogP contribution in [0.15, 0.2) is 15.3 Å². The zero-order valence-electron chi connectivity index (χ0n) is 11.8. The Hall–Kier alpha value is -2.25. The molecule has 1 amide bonds. The zero-order chi connectivity index (χ0) is 15.0. The van der Waals surface area contributed by atoms with Crippen LogP contribution in [0.1, 0.15) is 40.8 Å². The van der Waals surface area contributed by atoms with Crippen LogP contribution < -0.4 is 0 Å². The van der Waals surface area contributed by atoms with Crippen LogP contribution >= 0.6 is 0 Å². The Morgan fingerprint density at radius 2 is 2.29 bits per heavy atom. The van der Waals surface area contributed by atoms with Crippen molar-refractivity contribution in [2.24, 2.45) is 0 Å². The summed E-state index contributed by atoms with van der Waals surface area (Å²) in [4.78, 5) is 21.6. The van der Waals surface area contributed by atoms with E-state index in [0.717, 1.165) is 0 Å². The van der Waals surface area contributed by atoms with E-state index in [1.807, 2.05) is 0 Å². The maximum absolute atomic E-state index is 15.0. The second-order valence-electron chi connectivity index (χ2n) is 5.21. The third-order valence-electron chi connectivity index (χ3n) is 3.58. The minimum atomic E-state index is -1.82. The van der Waals surface area contributed by atoms with E-state index in [1.54, 1.807) is 13.8 Å². The molecule has 1 aliphatic heterocycles. The average molecular weight is 294 g/mol. The maximum atomic E-state index is 15.0. The van der Waals surface area contributed by atoms with Gasteiger partial charge in [-0.3, -0.25) is 4.79 Å². The molecule has 1 saturated heterocycles. The molecule has 1 aliphatic rings. The van der Waals surface area contributed by atoms with Crippen molar-refractivity contribution in [2.45, 2.75) is 32.4 Å². The predicted molar refractivity (Wildman–Crippen MR) is 68.2 cm³/mol. The number of aryl methyl sites for hydroxylation is 2. The van der Waals surface area contributed by atoms with Gasteiger partial charge < -0.3 is 13.8 Å². The Kier molecular flexibility index (Phi) is 3.23. The Morgan fingerprint density at radius 1 is 1.48 bits per heavy atom. The van der Waals surface area contributed by atoms with Gasteiger partial charge in [0.25, 0.3) is 11.8 Å². The molecule has 21 heavy (non-hydrogen) atoms. The lowest BCUT2D eigenvalue weighted by Crippen LogP contribution is -2.46. The lowest BCUT2D eigenvalue weighted by molar-refractivity contribution is 0.0136. The second-order valence-corrected chi connectivity index (χ2v) is 5.21. The molecular weight excluding hydrogens is 279 g/mol. The predicted octanol–water partition coefficient (Wildman–Crippen LogP) is 1.78. The number of nitrogens with zero attached hydrogens (tertiary/aromatic N) is 4. The highest BCUT2D eigenvalue weighted by Gasteiger charge is 2.44. The monoisotopic (exact) mass is 294 g/mol. The number of carbonyl (C=O) groups excluding carboxylic acids is 1. The maximum Gasteiger partial charge on any atom is 0.291 e. The molecule has 7 nitrogen and oxygen atoms in total. The number of hydrogen-bond acceptors (Lipinski definition) is 6. The first-order valence-corrected chi connectivity index (χ1v) is 6.69. The van der Waals surface area contributed by atoms with E-state index in [-0.39, 0.29) is 30.5 Å². The first-order chi connectivity index (χ1) is 9.99. The minimum absolute atomic E-state index is 0.0770. The molecular formula is C13H15FN4O3. The van der Waals surface area contributed by atoms with E-state index >= 15 is 4.39 Å². The molecule has 2 aromatic heterocycles. The Balaban J connectivity index is 1.83. The van der Waals surface area contributed by atoms with Gasteiger partial charge in [-0.2, -0.15) is 4.98 Å². The van der Waals surface area contributed by atoms with Crippen molar-refractivity contribution in [1.82, 2.24) is 20.0 Å².